The van der Waals surface area contributed by atoms with Gasteiger partial charge in [-0.15, -0.1) is 0 Å². The van der Waals surface area contributed by atoms with E-state index < -0.39 is 17.5 Å². The molecule has 4 amide bonds. The van der Waals surface area contributed by atoms with Gasteiger partial charge in [-0.1, -0.05) is 30.7 Å². The monoisotopic (exact) mass is 407 g/mol. The number of carbonyl (C=O) groups is 3. The van der Waals surface area contributed by atoms with Crippen LogP contribution < -0.4 is 10.7 Å². The summed E-state index contributed by atoms with van der Waals surface area (Å²) in [5.41, 5.74) is 2.64. The number of carbonyl (C=O) groups excluding carboxylic acids is 3. The van der Waals surface area contributed by atoms with Gasteiger partial charge in [-0.3, -0.25) is 24.8 Å². The number of amides is 4. The fourth-order valence-electron chi connectivity index (χ4n) is 3.39. The highest BCUT2D eigenvalue weighted by Crippen LogP contribution is 2.19. The summed E-state index contributed by atoms with van der Waals surface area (Å²) in [7, 11) is 0. The molecule has 3 rings (SSSR count). The van der Waals surface area contributed by atoms with Crippen molar-refractivity contribution in [1.82, 2.24) is 25.6 Å². The van der Waals surface area contributed by atoms with Crippen LogP contribution in [0.1, 0.15) is 25.8 Å². The van der Waals surface area contributed by atoms with E-state index in [9.17, 15) is 14.4 Å². The third-order valence-corrected chi connectivity index (χ3v) is 5.57. The number of hydrazine groups is 1. The Bertz CT molecular complexity index is 766. The van der Waals surface area contributed by atoms with E-state index in [1.54, 1.807) is 6.92 Å². The zero-order valence-corrected chi connectivity index (χ0v) is 17.0. The highest BCUT2D eigenvalue weighted by Gasteiger charge is 2.47. The van der Waals surface area contributed by atoms with E-state index >= 15 is 0 Å². The number of halogens is 1. The summed E-state index contributed by atoms with van der Waals surface area (Å²) in [4.78, 5) is 40.9. The molecule has 2 heterocycles. The van der Waals surface area contributed by atoms with Crippen LogP contribution in [-0.2, 0) is 16.1 Å². The fraction of sp³-hybridized carbons (Fsp3) is 0.526. The van der Waals surface area contributed by atoms with Gasteiger partial charge in [-0.2, -0.15) is 5.01 Å². The summed E-state index contributed by atoms with van der Waals surface area (Å²) in [6.07, 6.45) is 0.457. The van der Waals surface area contributed by atoms with Crippen LogP contribution in [-0.4, -0.2) is 70.9 Å². The molecular weight excluding hydrogens is 382 g/mol. The Morgan fingerprint density at radius 2 is 1.89 bits per heavy atom. The van der Waals surface area contributed by atoms with Crippen LogP contribution >= 0.6 is 11.6 Å². The molecule has 2 fully saturated rings. The van der Waals surface area contributed by atoms with Gasteiger partial charge in [-0.05, 0) is 31.0 Å². The van der Waals surface area contributed by atoms with Crippen LogP contribution in [0.3, 0.4) is 0 Å². The maximum Gasteiger partial charge on any atom is 0.344 e. The SMILES string of the molecule is CCC1(C)NC(=O)N(NC(=O)CN2CCN(Cc3cccc(Cl)c3)CC2)C1=O. The van der Waals surface area contributed by atoms with E-state index in [1.165, 1.54) is 0 Å². The highest BCUT2D eigenvalue weighted by atomic mass is 35.5. The molecule has 0 spiro atoms. The first-order chi connectivity index (χ1) is 13.3. The van der Waals surface area contributed by atoms with Gasteiger partial charge in [0.25, 0.3) is 11.8 Å². The maximum atomic E-state index is 12.3. The second kappa shape index (κ2) is 8.46. The molecule has 0 bridgehead atoms. The van der Waals surface area contributed by atoms with E-state index in [0.29, 0.717) is 6.42 Å². The molecule has 9 heteroatoms. The lowest BCUT2D eigenvalue weighted by atomic mass is 10.00. The highest BCUT2D eigenvalue weighted by molar-refractivity contribution is 6.30. The van der Waals surface area contributed by atoms with Crippen molar-refractivity contribution in [2.24, 2.45) is 0 Å². The summed E-state index contributed by atoms with van der Waals surface area (Å²) in [5.74, 6) is -0.799. The molecule has 28 heavy (non-hydrogen) atoms. The molecule has 2 saturated heterocycles. The average Bonchev–Trinajstić information content (AvgIpc) is 2.87. The smallest absolute Gasteiger partial charge is 0.322 e. The van der Waals surface area contributed by atoms with Crippen LogP contribution in [0.5, 0.6) is 0 Å². The molecule has 8 nitrogen and oxygen atoms in total. The molecule has 2 N–H and O–H groups in total. The standard InChI is InChI=1S/C19H26ClN5O3/c1-3-19(2)17(27)25(18(28)21-19)22-16(26)13-24-9-7-23(8-10-24)12-14-5-4-6-15(20)11-14/h4-6,11H,3,7-10,12-13H2,1-2H3,(H,21,28)(H,22,26). The van der Waals surface area contributed by atoms with Gasteiger partial charge in [0.05, 0.1) is 6.54 Å². The van der Waals surface area contributed by atoms with Crippen molar-refractivity contribution in [3.05, 3.63) is 34.9 Å². The number of hydrogen-bond donors (Lipinski definition) is 2. The van der Waals surface area contributed by atoms with E-state index in [2.05, 4.69) is 15.6 Å². The molecule has 0 saturated carbocycles. The Balaban J connectivity index is 1.45. The lowest BCUT2D eigenvalue weighted by Gasteiger charge is -2.34. The van der Waals surface area contributed by atoms with Gasteiger partial charge < -0.3 is 5.32 Å². The number of imide groups is 1. The normalized spacial score (nSPS) is 23.8. The average molecular weight is 408 g/mol. The molecule has 1 atom stereocenters. The first-order valence-corrected chi connectivity index (χ1v) is 9.84. The van der Waals surface area contributed by atoms with Gasteiger partial charge in [-0.25, -0.2) is 4.79 Å². The Morgan fingerprint density at radius 1 is 1.21 bits per heavy atom. The first-order valence-electron chi connectivity index (χ1n) is 9.46. The van der Waals surface area contributed by atoms with Crippen molar-refractivity contribution in [2.45, 2.75) is 32.4 Å². The minimum atomic E-state index is -0.962. The molecule has 0 radical (unpaired) electrons. The summed E-state index contributed by atoms with van der Waals surface area (Å²) in [6, 6.07) is 7.22. The lowest BCUT2D eigenvalue weighted by Crippen LogP contribution is -2.53. The van der Waals surface area contributed by atoms with Gasteiger partial charge >= 0.3 is 6.03 Å². The number of piperazine rings is 1. The van der Waals surface area contributed by atoms with Crippen molar-refractivity contribution in [1.29, 1.82) is 0 Å². The van der Waals surface area contributed by atoms with Crippen LogP contribution in [0, 0.1) is 0 Å². The van der Waals surface area contributed by atoms with Crippen LogP contribution in [0.2, 0.25) is 5.02 Å². The van der Waals surface area contributed by atoms with Crippen LogP contribution in [0.15, 0.2) is 24.3 Å². The zero-order valence-electron chi connectivity index (χ0n) is 16.2. The minimum Gasteiger partial charge on any atom is -0.322 e. The predicted molar refractivity (Wildman–Crippen MR) is 105 cm³/mol. The van der Waals surface area contributed by atoms with E-state index in [4.69, 9.17) is 11.6 Å². The second-order valence-corrected chi connectivity index (χ2v) is 7.91. The van der Waals surface area contributed by atoms with Crippen molar-refractivity contribution < 1.29 is 14.4 Å². The number of urea groups is 1. The van der Waals surface area contributed by atoms with Gasteiger partial charge in [0, 0.05) is 37.7 Å². The van der Waals surface area contributed by atoms with E-state index in [-0.39, 0.29) is 12.5 Å². The number of nitrogens with zero attached hydrogens (tertiary/aromatic N) is 3. The zero-order chi connectivity index (χ0) is 20.3. The quantitative estimate of drug-likeness (QED) is 0.692. The largest absolute Gasteiger partial charge is 0.344 e. The van der Waals surface area contributed by atoms with E-state index in [1.807, 2.05) is 36.1 Å². The molecule has 1 aromatic rings. The summed E-state index contributed by atoms with van der Waals surface area (Å²) >= 11 is 6.03. The van der Waals surface area contributed by atoms with Gasteiger partial charge in [0.2, 0.25) is 0 Å². The number of rotatable bonds is 6. The topological polar surface area (TPSA) is 85.0 Å². The Hall–Kier alpha value is -2.16. The molecule has 1 unspecified atom stereocenters. The Morgan fingerprint density at radius 3 is 2.50 bits per heavy atom. The molecular formula is C19H26ClN5O3. The molecule has 0 aliphatic carbocycles. The van der Waals surface area contributed by atoms with Crippen molar-refractivity contribution in [3.63, 3.8) is 0 Å². The van der Waals surface area contributed by atoms with Gasteiger partial charge in [0.1, 0.15) is 5.54 Å². The molecule has 2 aliphatic rings. The first kappa shape index (κ1) is 20.6. The Labute approximate surface area is 169 Å². The van der Waals surface area contributed by atoms with Crippen molar-refractivity contribution in [3.8, 4) is 0 Å². The summed E-state index contributed by atoms with van der Waals surface area (Å²) < 4.78 is 0. The number of hydrogen-bond acceptors (Lipinski definition) is 5. The number of nitrogens with one attached hydrogen (secondary N) is 2. The van der Waals surface area contributed by atoms with Crippen LogP contribution in [0.4, 0.5) is 4.79 Å². The number of benzene rings is 1. The molecule has 1 aromatic carbocycles. The van der Waals surface area contributed by atoms with Crippen molar-refractivity contribution in [2.75, 3.05) is 32.7 Å². The minimum absolute atomic E-state index is 0.144. The molecule has 152 valence electrons. The predicted octanol–water partition coefficient (Wildman–Crippen LogP) is 1.21. The summed E-state index contributed by atoms with van der Waals surface area (Å²) in [6.45, 7) is 7.56. The van der Waals surface area contributed by atoms with Crippen molar-refractivity contribution >= 4 is 29.4 Å². The Kier molecular flexibility index (Phi) is 6.22. The second-order valence-electron chi connectivity index (χ2n) is 7.47. The van der Waals surface area contributed by atoms with Gasteiger partial charge in [0.15, 0.2) is 0 Å². The summed E-state index contributed by atoms with van der Waals surface area (Å²) in [5, 5.41) is 4.14. The van der Waals surface area contributed by atoms with Crippen LogP contribution in [0.25, 0.3) is 0 Å². The molecule has 0 aromatic heterocycles. The molecule has 2 aliphatic heterocycles. The maximum absolute atomic E-state index is 12.3. The lowest BCUT2D eigenvalue weighted by molar-refractivity contribution is -0.139. The van der Waals surface area contributed by atoms with E-state index in [0.717, 1.165) is 48.3 Å². The third kappa shape index (κ3) is 4.63. The third-order valence-electron chi connectivity index (χ3n) is 5.33. The fourth-order valence-corrected chi connectivity index (χ4v) is 3.60.